The molecule has 1 fully saturated rings. The van der Waals surface area contributed by atoms with Crippen molar-refractivity contribution in [1.82, 2.24) is 14.7 Å². The first-order valence-electron chi connectivity index (χ1n) is 8.96. The van der Waals surface area contributed by atoms with Gasteiger partial charge in [-0.15, -0.1) is 11.3 Å². The van der Waals surface area contributed by atoms with Gasteiger partial charge in [0, 0.05) is 23.5 Å². The zero-order valence-corrected chi connectivity index (χ0v) is 16.8. The summed E-state index contributed by atoms with van der Waals surface area (Å²) in [5.41, 5.74) is 1.89. The quantitative estimate of drug-likeness (QED) is 0.608. The average molecular weight is 388 g/mol. The van der Waals surface area contributed by atoms with Gasteiger partial charge in [-0.25, -0.2) is 4.68 Å². The van der Waals surface area contributed by atoms with Crippen molar-refractivity contribution >= 4 is 39.1 Å². The summed E-state index contributed by atoms with van der Waals surface area (Å²) in [6.45, 7) is 8.13. The van der Waals surface area contributed by atoms with E-state index in [1.807, 2.05) is 46.8 Å². The Balaban J connectivity index is 1.70. The smallest absolute Gasteiger partial charge is 0.264 e. The van der Waals surface area contributed by atoms with Crippen molar-refractivity contribution in [1.29, 1.82) is 0 Å². The minimum atomic E-state index is 0.145. The second kappa shape index (κ2) is 6.71. The summed E-state index contributed by atoms with van der Waals surface area (Å²) in [7, 11) is 0. The molecule has 4 rings (SSSR count). The number of carbonyl (C=O) groups is 1. The van der Waals surface area contributed by atoms with Crippen molar-refractivity contribution < 1.29 is 4.79 Å². The van der Waals surface area contributed by atoms with E-state index in [0.29, 0.717) is 16.9 Å². The molecule has 3 aromatic rings. The van der Waals surface area contributed by atoms with E-state index >= 15 is 0 Å². The molecule has 2 atom stereocenters. The van der Waals surface area contributed by atoms with Crippen LogP contribution in [0.4, 0.5) is 0 Å². The minimum absolute atomic E-state index is 0.145. The van der Waals surface area contributed by atoms with Crippen LogP contribution in [0, 0.1) is 18.8 Å². The van der Waals surface area contributed by atoms with Crippen LogP contribution < -0.4 is 0 Å². The topological polar surface area (TPSA) is 38.1 Å². The highest BCUT2D eigenvalue weighted by Crippen LogP contribution is 2.32. The number of hydrogen-bond donors (Lipinski definition) is 0. The molecule has 0 N–H and O–H groups in total. The Kier molecular flexibility index (Phi) is 4.53. The number of benzene rings is 1. The Hall–Kier alpha value is -1.85. The summed E-state index contributed by atoms with van der Waals surface area (Å²) < 4.78 is 1.91. The van der Waals surface area contributed by atoms with Crippen LogP contribution in [-0.4, -0.2) is 33.7 Å². The summed E-state index contributed by atoms with van der Waals surface area (Å²) in [6, 6.07) is 9.61. The maximum Gasteiger partial charge on any atom is 0.264 e. The first-order valence-corrected chi connectivity index (χ1v) is 10.2. The van der Waals surface area contributed by atoms with Gasteiger partial charge in [-0.1, -0.05) is 25.4 Å². The highest BCUT2D eigenvalue weighted by Gasteiger charge is 2.28. The maximum absolute atomic E-state index is 13.1. The number of aryl methyl sites for hydroxylation is 1. The molecule has 4 nitrogen and oxygen atoms in total. The van der Waals surface area contributed by atoms with Gasteiger partial charge in [0.2, 0.25) is 0 Å². The number of fused-ring (bicyclic) bond motifs is 1. The summed E-state index contributed by atoms with van der Waals surface area (Å²) >= 11 is 7.52. The molecule has 0 unspecified atom stereocenters. The third kappa shape index (κ3) is 3.14. The highest BCUT2D eigenvalue weighted by atomic mass is 35.5. The van der Waals surface area contributed by atoms with Crippen LogP contribution in [-0.2, 0) is 0 Å². The highest BCUT2D eigenvalue weighted by molar-refractivity contribution is 7.20. The van der Waals surface area contributed by atoms with Crippen LogP contribution >= 0.6 is 22.9 Å². The summed E-state index contributed by atoms with van der Waals surface area (Å²) in [5, 5.41) is 6.39. The second-order valence-electron chi connectivity index (χ2n) is 7.46. The second-order valence-corrected chi connectivity index (χ2v) is 8.93. The predicted molar refractivity (Wildman–Crippen MR) is 108 cm³/mol. The first-order chi connectivity index (χ1) is 12.4. The van der Waals surface area contributed by atoms with E-state index in [1.165, 1.54) is 17.8 Å². The third-order valence-electron chi connectivity index (χ3n) is 4.98. The van der Waals surface area contributed by atoms with Gasteiger partial charge in [0.05, 0.1) is 16.3 Å². The largest absolute Gasteiger partial charge is 0.337 e. The summed E-state index contributed by atoms with van der Waals surface area (Å²) in [6.07, 6.45) is 1.20. The molecule has 0 saturated carbocycles. The van der Waals surface area contributed by atoms with Crippen LogP contribution in [0.5, 0.6) is 0 Å². The van der Waals surface area contributed by atoms with Crippen LogP contribution in [0.15, 0.2) is 30.3 Å². The fraction of sp³-hybridized carbons (Fsp3) is 0.400. The van der Waals surface area contributed by atoms with Crippen LogP contribution in [0.3, 0.4) is 0 Å². The number of thiophene rings is 1. The van der Waals surface area contributed by atoms with E-state index < -0.39 is 0 Å². The Labute approximate surface area is 162 Å². The fourth-order valence-corrected chi connectivity index (χ4v) is 5.17. The van der Waals surface area contributed by atoms with E-state index in [0.717, 1.165) is 39.6 Å². The van der Waals surface area contributed by atoms with Gasteiger partial charge >= 0.3 is 0 Å². The molecule has 1 aliphatic heterocycles. The number of likely N-dealkylation sites (tertiary alicyclic amines) is 1. The van der Waals surface area contributed by atoms with E-state index in [2.05, 4.69) is 18.9 Å². The Morgan fingerprint density at radius 1 is 1.19 bits per heavy atom. The van der Waals surface area contributed by atoms with E-state index in [-0.39, 0.29) is 5.91 Å². The fourth-order valence-electron chi connectivity index (χ4n) is 3.89. The maximum atomic E-state index is 13.1. The monoisotopic (exact) mass is 387 g/mol. The van der Waals surface area contributed by atoms with Crippen LogP contribution in [0.2, 0.25) is 5.02 Å². The van der Waals surface area contributed by atoms with Crippen LogP contribution in [0.25, 0.3) is 15.9 Å². The minimum Gasteiger partial charge on any atom is -0.337 e. The lowest BCUT2D eigenvalue weighted by atomic mass is 9.92. The zero-order chi connectivity index (χ0) is 18.4. The van der Waals surface area contributed by atoms with Crippen LogP contribution in [0.1, 0.15) is 35.6 Å². The van der Waals surface area contributed by atoms with Crippen molar-refractivity contribution in [3.05, 3.63) is 45.9 Å². The SMILES string of the molecule is Cc1nn(-c2ccc(Cl)cc2)c2sc(C(=O)N3C[C@H](C)C[C@@H](C)C3)cc12. The summed E-state index contributed by atoms with van der Waals surface area (Å²) in [4.78, 5) is 16.9. The molecule has 0 spiro atoms. The third-order valence-corrected chi connectivity index (χ3v) is 6.33. The number of aromatic nitrogens is 2. The average Bonchev–Trinajstić information content (AvgIpc) is 3.15. The summed E-state index contributed by atoms with van der Waals surface area (Å²) in [5.74, 6) is 1.26. The van der Waals surface area contributed by atoms with Gasteiger partial charge in [-0.2, -0.15) is 5.10 Å². The normalized spacial score (nSPS) is 20.7. The van der Waals surface area contributed by atoms with Gasteiger partial charge in [-0.05, 0) is 55.5 Å². The Bertz CT molecular complexity index is 950. The molecular formula is C20H22ClN3OS. The van der Waals surface area contributed by atoms with E-state index in [4.69, 9.17) is 11.6 Å². The first kappa shape index (κ1) is 17.6. The number of carbonyl (C=O) groups excluding carboxylic acids is 1. The number of piperidine rings is 1. The number of halogens is 1. The molecule has 0 bridgehead atoms. The van der Waals surface area contributed by atoms with Gasteiger partial charge in [0.1, 0.15) is 4.83 Å². The lowest BCUT2D eigenvalue weighted by molar-refractivity contribution is 0.0628. The van der Waals surface area contributed by atoms with Crippen molar-refractivity contribution in [3.8, 4) is 5.69 Å². The Morgan fingerprint density at radius 2 is 1.85 bits per heavy atom. The number of hydrogen-bond acceptors (Lipinski definition) is 3. The van der Waals surface area contributed by atoms with Crippen molar-refractivity contribution in [3.63, 3.8) is 0 Å². The molecule has 26 heavy (non-hydrogen) atoms. The van der Waals surface area contributed by atoms with Crippen molar-refractivity contribution in [2.75, 3.05) is 13.1 Å². The molecule has 1 amide bonds. The van der Waals surface area contributed by atoms with Crippen molar-refractivity contribution in [2.24, 2.45) is 11.8 Å². The molecular weight excluding hydrogens is 366 g/mol. The van der Waals surface area contributed by atoms with E-state index in [9.17, 15) is 4.79 Å². The lowest BCUT2D eigenvalue weighted by Gasteiger charge is -2.34. The Morgan fingerprint density at radius 3 is 2.50 bits per heavy atom. The van der Waals surface area contributed by atoms with E-state index in [1.54, 1.807) is 0 Å². The number of rotatable bonds is 2. The predicted octanol–water partition coefficient (Wildman–Crippen LogP) is 5.17. The molecule has 136 valence electrons. The van der Waals surface area contributed by atoms with Gasteiger partial charge in [0.15, 0.2) is 0 Å². The number of nitrogens with zero attached hydrogens (tertiary/aromatic N) is 3. The molecule has 1 saturated heterocycles. The standard InChI is InChI=1S/C20H22ClN3OS/c1-12-8-13(2)11-23(10-12)19(25)18-9-17-14(3)22-24(20(17)26-18)16-6-4-15(21)5-7-16/h4-7,9,12-13H,8,10-11H2,1-3H3/t12-,13-/m1/s1. The van der Waals surface area contributed by atoms with Crippen molar-refractivity contribution in [2.45, 2.75) is 27.2 Å². The van der Waals surface area contributed by atoms with Gasteiger partial charge < -0.3 is 4.90 Å². The molecule has 6 heteroatoms. The van der Waals surface area contributed by atoms with Gasteiger partial charge in [0.25, 0.3) is 5.91 Å². The van der Waals surface area contributed by atoms with Gasteiger partial charge in [-0.3, -0.25) is 4.79 Å². The molecule has 1 aliphatic rings. The lowest BCUT2D eigenvalue weighted by Crippen LogP contribution is -2.42. The molecule has 2 aromatic heterocycles. The zero-order valence-electron chi connectivity index (χ0n) is 15.2. The molecule has 0 aliphatic carbocycles. The number of amides is 1. The molecule has 0 radical (unpaired) electrons. The molecule has 1 aromatic carbocycles. The molecule has 3 heterocycles.